The number of fused-ring (bicyclic) bond motifs is 1. The van der Waals surface area contributed by atoms with Gasteiger partial charge in [0.1, 0.15) is 0 Å². The third-order valence-corrected chi connectivity index (χ3v) is 5.24. The van der Waals surface area contributed by atoms with Crippen LogP contribution in [-0.2, 0) is 17.8 Å². The number of amides is 1. The molecule has 4 heteroatoms. The Kier molecular flexibility index (Phi) is 3.89. The summed E-state index contributed by atoms with van der Waals surface area (Å²) in [6.07, 6.45) is 3.20. The topological polar surface area (TPSA) is 35.6 Å². The van der Waals surface area contributed by atoms with E-state index in [9.17, 15) is 4.79 Å². The molecule has 1 aromatic carbocycles. The van der Waals surface area contributed by atoms with Crippen molar-refractivity contribution < 1.29 is 4.79 Å². The second-order valence-corrected chi connectivity index (χ2v) is 6.92. The van der Waals surface area contributed by atoms with Crippen molar-refractivity contribution in [2.24, 2.45) is 5.92 Å². The molecule has 2 aliphatic heterocycles. The van der Waals surface area contributed by atoms with Crippen LogP contribution in [0.4, 0.5) is 0 Å². The van der Waals surface area contributed by atoms with E-state index in [-0.39, 0.29) is 0 Å². The highest BCUT2D eigenvalue weighted by atomic mass is 16.2. The predicted molar refractivity (Wildman–Crippen MR) is 86.5 cm³/mol. The van der Waals surface area contributed by atoms with Crippen LogP contribution in [0.15, 0.2) is 24.3 Å². The number of carbonyl (C=O) groups excluding carboxylic acids is 1. The van der Waals surface area contributed by atoms with Crippen molar-refractivity contribution in [2.45, 2.75) is 31.8 Å². The van der Waals surface area contributed by atoms with Gasteiger partial charge in [0, 0.05) is 51.2 Å². The van der Waals surface area contributed by atoms with E-state index >= 15 is 0 Å². The Balaban J connectivity index is 1.53. The second kappa shape index (κ2) is 6.01. The average Bonchev–Trinajstić information content (AvgIpc) is 3.39. The lowest BCUT2D eigenvalue weighted by molar-refractivity contribution is -0.136. The fourth-order valence-corrected chi connectivity index (χ4v) is 3.77. The maximum Gasteiger partial charge on any atom is 0.226 e. The monoisotopic (exact) mass is 299 g/mol. The highest BCUT2D eigenvalue weighted by molar-refractivity contribution is 5.81. The molecular formula is C18H25N3O. The van der Waals surface area contributed by atoms with Gasteiger partial charge in [0.15, 0.2) is 0 Å². The van der Waals surface area contributed by atoms with E-state index in [0.717, 1.165) is 58.5 Å². The van der Waals surface area contributed by atoms with E-state index in [1.54, 1.807) is 0 Å². The molecule has 22 heavy (non-hydrogen) atoms. The minimum absolute atomic E-state index is 0.316. The van der Waals surface area contributed by atoms with Crippen molar-refractivity contribution in [1.29, 1.82) is 0 Å². The summed E-state index contributed by atoms with van der Waals surface area (Å²) in [6, 6.07) is 8.98. The van der Waals surface area contributed by atoms with Crippen LogP contribution in [0.3, 0.4) is 0 Å². The smallest absolute Gasteiger partial charge is 0.226 e. The van der Waals surface area contributed by atoms with Crippen molar-refractivity contribution in [3.8, 4) is 0 Å². The molecule has 1 amide bonds. The number of piperazine rings is 1. The van der Waals surface area contributed by atoms with E-state index in [2.05, 4.69) is 39.4 Å². The number of nitrogens with zero attached hydrogens (tertiary/aromatic N) is 2. The first-order chi connectivity index (χ1) is 10.8. The maximum absolute atomic E-state index is 12.7. The number of nitrogens with one attached hydrogen (secondary N) is 1. The Morgan fingerprint density at radius 1 is 1.14 bits per heavy atom. The number of carbonyl (C=O) groups is 1. The minimum atomic E-state index is 0.316. The van der Waals surface area contributed by atoms with Crippen molar-refractivity contribution in [3.05, 3.63) is 35.4 Å². The van der Waals surface area contributed by atoms with Gasteiger partial charge >= 0.3 is 0 Å². The van der Waals surface area contributed by atoms with E-state index in [4.69, 9.17) is 0 Å². The Labute approximate surface area is 132 Å². The molecule has 3 aliphatic rings. The van der Waals surface area contributed by atoms with Crippen molar-refractivity contribution in [3.63, 3.8) is 0 Å². The molecule has 1 N–H and O–H groups in total. The SMILES string of the molecule is O=C(C1CC1)N1Cc2ccccc2C[C@H]1CN1CCNCC1. The molecule has 1 aromatic rings. The fourth-order valence-electron chi connectivity index (χ4n) is 3.77. The molecule has 1 saturated carbocycles. The number of benzene rings is 1. The molecule has 0 bridgehead atoms. The summed E-state index contributed by atoms with van der Waals surface area (Å²) in [4.78, 5) is 17.4. The number of hydrogen-bond donors (Lipinski definition) is 1. The van der Waals surface area contributed by atoms with Crippen LogP contribution in [0, 0.1) is 5.92 Å². The Morgan fingerprint density at radius 3 is 2.59 bits per heavy atom. The van der Waals surface area contributed by atoms with Gasteiger partial charge in [-0.1, -0.05) is 24.3 Å². The third-order valence-electron chi connectivity index (χ3n) is 5.24. The van der Waals surface area contributed by atoms with Crippen LogP contribution in [-0.4, -0.2) is 54.5 Å². The number of hydrogen-bond acceptors (Lipinski definition) is 3. The third kappa shape index (κ3) is 2.90. The van der Waals surface area contributed by atoms with Gasteiger partial charge < -0.3 is 10.2 Å². The molecule has 0 aromatic heterocycles. The molecule has 2 heterocycles. The molecule has 2 fully saturated rings. The summed E-state index contributed by atoms with van der Waals surface area (Å²) in [7, 11) is 0. The van der Waals surface area contributed by atoms with Crippen LogP contribution in [0.25, 0.3) is 0 Å². The first kappa shape index (κ1) is 14.2. The standard InChI is InChI=1S/C18H25N3O/c22-18(14-5-6-14)21-12-16-4-2-1-3-15(16)11-17(21)13-20-9-7-19-8-10-20/h1-4,14,17,19H,5-13H2/t17-/m0/s1. The van der Waals surface area contributed by atoms with Crippen LogP contribution in [0.1, 0.15) is 24.0 Å². The highest BCUT2D eigenvalue weighted by Gasteiger charge is 2.38. The van der Waals surface area contributed by atoms with Crippen molar-refractivity contribution in [2.75, 3.05) is 32.7 Å². The average molecular weight is 299 g/mol. The predicted octanol–water partition coefficient (Wildman–Crippen LogP) is 1.26. The Hall–Kier alpha value is -1.39. The molecule has 0 radical (unpaired) electrons. The highest BCUT2D eigenvalue weighted by Crippen LogP contribution is 2.34. The quantitative estimate of drug-likeness (QED) is 0.912. The minimum Gasteiger partial charge on any atom is -0.334 e. The van der Waals surface area contributed by atoms with Crippen LogP contribution in [0.5, 0.6) is 0 Å². The second-order valence-electron chi connectivity index (χ2n) is 6.92. The lowest BCUT2D eigenvalue weighted by Crippen LogP contribution is -2.53. The molecular weight excluding hydrogens is 274 g/mol. The van der Waals surface area contributed by atoms with Crippen molar-refractivity contribution >= 4 is 5.91 Å². The van der Waals surface area contributed by atoms with Gasteiger partial charge in [-0.3, -0.25) is 9.69 Å². The molecule has 118 valence electrons. The summed E-state index contributed by atoms with van der Waals surface area (Å²) in [5, 5.41) is 3.41. The molecule has 0 unspecified atom stereocenters. The first-order valence-corrected chi connectivity index (χ1v) is 8.61. The van der Waals surface area contributed by atoms with Gasteiger partial charge in [-0.25, -0.2) is 0 Å². The largest absolute Gasteiger partial charge is 0.334 e. The summed E-state index contributed by atoms with van der Waals surface area (Å²) in [6.45, 7) is 6.17. The molecule has 4 nitrogen and oxygen atoms in total. The van der Waals surface area contributed by atoms with E-state index < -0.39 is 0 Å². The zero-order valence-electron chi connectivity index (χ0n) is 13.1. The van der Waals surface area contributed by atoms with Crippen molar-refractivity contribution in [1.82, 2.24) is 15.1 Å². The lowest BCUT2D eigenvalue weighted by Gasteiger charge is -2.40. The summed E-state index contributed by atoms with van der Waals surface area (Å²) in [5.74, 6) is 0.713. The first-order valence-electron chi connectivity index (χ1n) is 8.61. The summed E-state index contributed by atoms with van der Waals surface area (Å²) in [5.41, 5.74) is 2.77. The van der Waals surface area contributed by atoms with E-state index in [0.29, 0.717) is 17.9 Å². The molecule has 0 spiro atoms. The van der Waals surface area contributed by atoms with Gasteiger partial charge in [0.25, 0.3) is 0 Å². The molecule has 1 aliphatic carbocycles. The van der Waals surface area contributed by atoms with E-state index in [1.807, 2.05) is 0 Å². The molecule has 4 rings (SSSR count). The van der Waals surface area contributed by atoms with E-state index in [1.165, 1.54) is 11.1 Å². The van der Waals surface area contributed by atoms with Gasteiger partial charge in [-0.05, 0) is 30.4 Å². The maximum atomic E-state index is 12.7. The molecule has 1 atom stereocenters. The summed E-state index contributed by atoms with van der Waals surface area (Å²) < 4.78 is 0. The van der Waals surface area contributed by atoms with Crippen LogP contribution >= 0.6 is 0 Å². The van der Waals surface area contributed by atoms with Gasteiger partial charge in [-0.2, -0.15) is 0 Å². The normalized spacial score (nSPS) is 25.8. The Morgan fingerprint density at radius 2 is 1.86 bits per heavy atom. The number of rotatable bonds is 3. The zero-order chi connectivity index (χ0) is 14.9. The Bertz CT molecular complexity index is 549. The zero-order valence-corrected chi connectivity index (χ0v) is 13.1. The van der Waals surface area contributed by atoms with Crippen LogP contribution in [0.2, 0.25) is 0 Å². The van der Waals surface area contributed by atoms with Gasteiger partial charge in [0.05, 0.1) is 0 Å². The summed E-state index contributed by atoms with van der Waals surface area (Å²) >= 11 is 0. The van der Waals surface area contributed by atoms with Crippen LogP contribution < -0.4 is 5.32 Å². The fraction of sp³-hybridized carbons (Fsp3) is 0.611. The van der Waals surface area contributed by atoms with Gasteiger partial charge in [0.2, 0.25) is 5.91 Å². The van der Waals surface area contributed by atoms with Gasteiger partial charge in [-0.15, -0.1) is 0 Å². The lowest BCUT2D eigenvalue weighted by atomic mass is 9.93. The molecule has 1 saturated heterocycles.